The highest BCUT2D eigenvalue weighted by atomic mass is 32.1. The summed E-state index contributed by atoms with van der Waals surface area (Å²) >= 11 is 4.73. The number of thiocarbonyl (C=S) groups is 1. The second-order valence-corrected chi connectivity index (χ2v) is 3.97. The van der Waals surface area contributed by atoms with Crippen molar-refractivity contribution in [3.05, 3.63) is 35.9 Å². The van der Waals surface area contributed by atoms with Crippen LogP contribution in [0, 0.1) is 0 Å². The minimum atomic E-state index is -1.06. The summed E-state index contributed by atoms with van der Waals surface area (Å²) in [7, 11) is 0. The lowest BCUT2D eigenvalue weighted by atomic mass is 9.94. The summed E-state index contributed by atoms with van der Waals surface area (Å²) in [4.78, 5) is 10.5. The molecule has 0 saturated heterocycles. The maximum atomic E-state index is 10.6. The van der Waals surface area contributed by atoms with Crippen LogP contribution in [0.4, 0.5) is 4.79 Å². The number of carbonyl (C=O) groups is 1. The number of primary amides is 1. The van der Waals surface area contributed by atoms with Crippen LogP contribution in [0.25, 0.3) is 0 Å². The predicted molar refractivity (Wildman–Crippen MR) is 67.5 cm³/mol. The van der Waals surface area contributed by atoms with E-state index in [1.54, 1.807) is 24.3 Å². The van der Waals surface area contributed by atoms with E-state index in [1.807, 2.05) is 6.07 Å². The summed E-state index contributed by atoms with van der Waals surface area (Å²) in [5.41, 5.74) is 11.1. The molecule has 1 amide bonds. The number of benzene rings is 1. The van der Waals surface area contributed by atoms with Gasteiger partial charge in [-0.3, -0.25) is 0 Å². The molecule has 1 aromatic rings. The molecular weight excluding hydrogens is 240 g/mol. The molecule has 1 aromatic carbocycles. The summed E-state index contributed by atoms with van der Waals surface area (Å²) in [5.74, 6) is -0.513. The normalized spacial score (nSPS) is 13.7. The standard InChI is InChI=1S/C11H14N2O3S/c12-10(17)9(14)8(6-16-11(13)15)7-4-2-1-3-5-7/h1-5,8-9,14H,6H2,(H2,12,17)(H2,13,15)/t8?,9-/m1/s1. The fourth-order valence-corrected chi connectivity index (χ4v) is 1.60. The smallest absolute Gasteiger partial charge is 0.404 e. The van der Waals surface area contributed by atoms with Crippen LogP contribution in [0.1, 0.15) is 11.5 Å². The molecule has 0 heterocycles. The molecule has 6 heteroatoms. The first-order valence-corrected chi connectivity index (χ1v) is 5.37. The third kappa shape index (κ3) is 4.01. The first kappa shape index (κ1) is 13.4. The van der Waals surface area contributed by atoms with Crippen molar-refractivity contribution in [1.82, 2.24) is 0 Å². The van der Waals surface area contributed by atoms with Crippen molar-refractivity contribution < 1.29 is 14.6 Å². The van der Waals surface area contributed by atoms with E-state index in [2.05, 4.69) is 0 Å². The molecule has 0 spiro atoms. The van der Waals surface area contributed by atoms with Crippen molar-refractivity contribution >= 4 is 23.3 Å². The Morgan fingerprint density at radius 3 is 2.41 bits per heavy atom. The number of hydrogen-bond acceptors (Lipinski definition) is 4. The van der Waals surface area contributed by atoms with Gasteiger partial charge in [0.05, 0.1) is 5.92 Å². The second kappa shape index (κ2) is 6.17. The van der Waals surface area contributed by atoms with E-state index in [0.29, 0.717) is 0 Å². The van der Waals surface area contributed by atoms with E-state index in [9.17, 15) is 9.90 Å². The molecule has 0 radical (unpaired) electrons. The monoisotopic (exact) mass is 254 g/mol. The number of nitrogens with two attached hydrogens (primary N) is 2. The minimum Gasteiger partial charge on any atom is -0.449 e. The van der Waals surface area contributed by atoms with Gasteiger partial charge in [0.2, 0.25) is 0 Å². The lowest BCUT2D eigenvalue weighted by Crippen LogP contribution is -2.35. The number of aliphatic hydroxyl groups is 1. The fourth-order valence-electron chi connectivity index (χ4n) is 1.44. The van der Waals surface area contributed by atoms with Crippen molar-refractivity contribution in [2.75, 3.05) is 6.61 Å². The quantitative estimate of drug-likeness (QED) is 0.665. The number of aliphatic hydroxyl groups excluding tert-OH is 1. The lowest BCUT2D eigenvalue weighted by Gasteiger charge is -2.21. The predicted octanol–water partition coefficient (Wildman–Crippen LogP) is 0.513. The summed E-state index contributed by atoms with van der Waals surface area (Å²) in [6.07, 6.45) is -1.96. The number of ether oxygens (including phenoxy) is 1. The highest BCUT2D eigenvalue weighted by molar-refractivity contribution is 7.80. The van der Waals surface area contributed by atoms with Crippen LogP contribution in [-0.4, -0.2) is 28.9 Å². The molecule has 0 bridgehead atoms. The van der Waals surface area contributed by atoms with Crippen LogP contribution < -0.4 is 11.5 Å². The Balaban J connectivity index is 2.86. The first-order chi connectivity index (χ1) is 8.02. The fraction of sp³-hybridized carbons (Fsp3) is 0.273. The Morgan fingerprint density at radius 2 is 1.94 bits per heavy atom. The van der Waals surface area contributed by atoms with Crippen LogP contribution in [0.3, 0.4) is 0 Å². The summed E-state index contributed by atoms with van der Waals surface area (Å²) in [6, 6.07) is 9.02. The van der Waals surface area contributed by atoms with Gasteiger partial charge in [-0.05, 0) is 5.56 Å². The molecule has 1 rings (SSSR count). The van der Waals surface area contributed by atoms with E-state index in [1.165, 1.54) is 0 Å². The first-order valence-electron chi connectivity index (χ1n) is 4.97. The molecule has 0 fully saturated rings. The van der Waals surface area contributed by atoms with E-state index in [0.717, 1.165) is 5.56 Å². The average Bonchev–Trinajstić information content (AvgIpc) is 2.30. The number of carbonyl (C=O) groups excluding carboxylic acids is 1. The topological polar surface area (TPSA) is 98.6 Å². The van der Waals surface area contributed by atoms with Crippen molar-refractivity contribution in [1.29, 1.82) is 0 Å². The number of hydrogen-bond donors (Lipinski definition) is 3. The number of rotatable bonds is 5. The van der Waals surface area contributed by atoms with Gasteiger partial charge in [0.25, 0.3) is 0 Å². The van der Waals surface area contributed by atoms with Crippen LogP contribution in [0.15, 0.2) is 30.3 Å². The average molecular weight is 254 g/mol. The Kier molecular flexibility index (Phi) is 4.86. The Labute approximate surface area is 104 Å². The van der Waals surface area contributed by atoms with Gasteiger partial charge in [-0.1, -0.05) is 42.5 Å². The maximum Gasteiger partial charge on any atom is 0.404 e. The second-order valence-electron chi connectivity index (χ2n) is 3.49. The van der Waals surface area contributed by atoms with Crippen molar-refractivity contribution in [2.24, 2.45) is 11.5 Å². The summed E-state index contributed by atoms with van der Waals surface area (Å²) in [6.45, 7) is -0.0716. The number of amides is 1. The molecule has 0 aromatic heterocycles. The lowest BCUT2D eigenvalue weighted by molar-refractivity contribution is 0.119. The molecule has 0 aliphatic carbocycles. The van der Waals surface area contributed by atoms with E-state index in [4.69, 9.17) is 28.4 Å². The third-order valence-corrected chi connectivity index (χ3v) is 2.55. The molecule has 1 unspecified atom stereocenters. The molecule has 0 saturated carbocycles. The van der Waals surface area contributed by atoms with Gasteiger partial charge in [0.15, 0.2) is 0 Å². The maximum absolute atomic E-state index is 10.6. The van der Waals surface area contributed by atoms with Gasteiger partial charge >= 0.3 is 6.09 Å². The van der Waals surface area contributed by atoms with Crippen LogP contribution >= 0.6 is 12.2 Å². The molecule has 92 valence electrons. The highest BCUT2D eigenvalue weighted by Gasteiger charge is 2.24. The molecule has 17 heavy (non-hydrogen) atoms. The van der Waals surface area contributed by atoms with Gasteiger partial charge in [-0.25, -0.2) is 4.79 Å². The molecule has 0 aliphatic rings. The van der Waals surface area contributed by atoms with Crippen molar-refractivity contribution in [2.45, 2.75) is 12.0 Å². The zero-order chi connectivity index (χ0) is 12.8. The molecule has 2 atom stereocenters. The third-order valence-electron chi connectivity index (χ3n) is 2.31. The van der Waals surface area contributed by atoms with Crippen LogP contribution in [0.2, 0.25) is 0 Å². The van der Waals surface area contributed by atoms with Gasteiger partial charge in [0, 0.05) is 0 Å². The Morgan fingerprint density at radius 1 is 1.35 bits per heavy atom. The van der Waals surface area contributed by atoms with E-state index >= 15 is 0 Å². The van der Waals surface area contributed by atoms with E-state index < -0.39 is 18.1 Å². The Hall–Kier alpha value is -1.66. The van der Waals surface area contributed by atoms with Gasteiger partial charge < -0.3 is 21.3 Å². The van der Waals surface area contributed by atoms with Crippen molar-refractivity contribution in [3.63, 3.8) is 0 Å². The summed E-state index contributed by atoms with van der Waals surface area (Å²) < 4.78 is 4.69. The van der Waals surface area contributed by atoms with Gasteiger partial charge in [-0.2, -0.15) is 0 Å². The van der Waals surface area contributed by atoms with Crippen LogP contribution in [0.5, 0.6) is 0 Å². The molecule has 5 nitrogen and oxygen atoms in total. The molecule has 0 aliphatic heterocycles. The van der Waals surface area contributed by atoms with E-state index in [-0.39, 0.29) is 11.6 Å². The van der Waals surface area contributed by atoms with Gasteiger partial charge in [0.1, 0.15) is 17.7 Å². The zero-order valence-corrected chi connectivity index (χ0v) is 9.89. The highest BCUT2D eigenvalue weighted by Crippen LogP contribution is 2.20. The zero-order valence-electron chi connectivity index (χ0n) is 9.08. The van der Waals surface area contributed by atoms with Crippen molar-refractivity contribution in [3.8, 4) is 0 Å². The van der Waals surface area contributed by atoms with Gasteiger partial charge in [-0.15, -0.1) is 0 Å². The molecular formula is C11H14N2O3S. The largest absolute Gasteiger partial charge is 0.449 e. The van der Waals surface area contributed by atoms with Crippen LogP contribution in [-0.2, 0) is 4.74 Å². The molecule has 5 N–H and O–H groups in total. The Bertz CT molecular complexity index is 397. The minimum absolute atomic E-state index is 0.0491. The summed E-state index contributed by atoms with van der Waals surface area (Å²) in [5, 5.41) is 9.85. The SMILES string of the molecule is NC(=O)OCC(c1ccccc1)[C@@H](O)C(N)=S.